The molecule has 2 aromatic heterocycles. The average molecular weight is 463 g/mol. The molecule has 10 nitrogen and oxygen atoms in total. The summed E-state index contributed by atoms with van der Waals surface area (Å²) < 4.78 is 47.5. The fourth-order valence-electron chi connectivity index (χ4n) is 3.94. The molecule has 1 saturated heterocycles. The molecule has 2 fully saturated rings. The third-order valence-electron chi connectivity index (χ3n) is 5.53. The Morgan fingerprint density at radius 1 is 1.24 bits per heavy atom. The van der Waals surface area contributed by atoms with Crippen LogP contribution < -0.4 is 15.4 Å². The number of ether oxygens (including phenoxy) is 1. The van der Waals surface area contributed by atoms with Crippen LogP contribution in [0.3, 0.4) is 0 Å². The number of benzene rings is 1. The van der Waals surface area contributed by atoms with Crippen molar-refractivity contribution in [3.05, 3.63) is 42.0 Å². The lowest BCUT2D eigenvalue weighted by atomic mass is 10.0. The van der Waals surface area contributed by atoms with E-state index in [0.717, 1.165) is 18.4 Å². The third-order valence-corrected chi connectivity index (χ3v) is 5.53. The molecule has 1 aliphatic carbocycles. The quantitative estimate of drug-likeness (QED) is 0.548. The summed E-state index contributed by atoms with van der Waals surface area (Å²) in [6.45, 7) is 1.13. The Morgan fingerprint density at radius 2 is 2.03 bits per heavy atom. The van der Waals surface area contributed by atoms with Crippen LogP contribution in [-0.2, 0) is 6.54 Å². The van der Waals surface area contributed by atoms with Crippen molar-refractivity contribution >= 4 is 5.91 Å². The van der Waals surface area contributed by atoms with Crippen LogP contribution in [0.25, 0.3) is 11.5 Å². The molecule has 1 aliphatic heterocycles. The maximum absolute atomic E-state index is 12.6. The molecule has 0 bridgehead atoms. The highest BCUT2D eigenvalue weighted by atomic mass is 19.4. The number of halogens is 3. The van der Waals surface area contributed by atoms with Crippen molar-refractivity contribution in [2.24, 2.45) is 0 Å². The second-order valence-corrected chi connectivity index (χ2v) is 8.08. The highest BCUT2D eigenvalue weighted by molar-refractivity contribution is 5.90. The van der Waals surface area contributed by atoms with Gasteiger partial charge in [-0.3, -0.25) is 4.79 Å². The van der Waals surface area contributed by atoms with Crippen molar-refractivity contribution in [1.29, 1.82) is 0 Å². The molecule has 2 atom stereocenters. The zero-order chi connectivity index (χ0) is 23.0. The first-order chi connectivity index (χ1) is 15.8. The zero-order valence-corrected chi connectivity index (χ0v) is 17.2. The van der Waals surface area contributed by atoms with Crippen LogP contribution in [0.15, 0.2) is 35.0 Å². The molecule has 1 aromatic carbocycles. The van der Waals surface area contributed by atoms with E-state index in [1.807, 2.05) is 0 Å². The molecule has 174 valence electrons. The minimum Gasteiger partial charge on any atom is -0.412 e. The van der Waals surface area contributed by atoms with Gasteiger partial charge in [-0.25, -0.2) is 0 Å². The van der Waals surface area contributed by atoms with Crippen molar-refractivity contribution in [3.63, 3.8) is 0 Å². The van der Waals surface area contributed by atoms with Gasteiger partial charge < -0.3 is 19.8 Å². The van der Waals surface area contributed by atoms with E-state index in [1.165, 1.54) is 12.1 Å². The van der Waals surface area contributed by atoms with Gasteiger partial charge in [-0.05, 0) is 42.9 Å². The van der Waals surface area contributed by atoms with Gasteiger partial charge in [0.15, 0.2) is 0 Å². The number of alkyl halides is 3. The van der Waals surface area contributed by atoms with Crippen molar-refractivity contribution < 1.29 is 27.1 Å². The Morgan fingerprint density at radius 3 is 2.76 bits per heavy atom. The molecule has 0 radical (unpaired) electrons. The minimum atomic E-state index is -4.82. The lowest BCUT2D eigenvalue weighted by molar-refractivity contribution is -0.274. The van der Waals surface area contributed by atoms with Crippen LogP contribution in [0.5, 0.6) is 5.75 Å². The van der Waals surface area contributed by atoms with Crippen LogP contribution in [0, 0.1) is 0 Å². The van der Waals surface area contributed by atoms with Crippen LogP contribution in [0.4, 0.5) is 13.2 Å². The highest BCUT2D eigenvalue weighted by Crippen LogP contribution is 2.45. The van der Waals surface area contributed by atoms with E-state index in [2.05, 4.69) is 35.8 Å². The first-order valence-electron chi connectivity index (χ1n) is 10.5. The fourth-order valence-corrected chi connectivity index (χ4v) is 3.94. The van der Waals surface area contributed by atoms with Crippen LogP contribution in [0.2, 0.25) is 0 Å². The standard InChI is InChI=1S/C20H20F3N7O3/c21-20(22,23)33-14-3-4-15(11-1-2-11)16(8-14)18-28-29-19(32-18)17(31)27-12-7-13(24-9-12)10-30-25-5-6-26-30/h3-6,8,11-13,24H,1-2,7,9-10H2,(H,27,31)/t12-,13+/m1/s1. The van der Waals surface area contributed by atoms with E-state index in [1.54, 1.807) is 23.3 Å². The van der Waals surface area contributed by atoms with E-state index in [-0.39, 0.29) is 35.5 Å². The molecule has 33 heavy (non-hydrogen) atoms. The van der Waals surface area contributed by atoms with Gasteiger partial charge in [-0.2, -0.15) is 15.0 Å². The van der Waals surface area contributed by atoms with Gasteiger partial charge in [0.05, 0.1) is 18.9 Å². The monoisotopic (exact) mass is 463 g/mol. The second kappa shape index (κ2) is 8.46. The Hall–Kier alpha value is -3.48. The molecule has 13 heteroatoms. The predicted molar refractivity (Wildman–Crippen MR) is 106 cm³/mol. The Labute approximate surface area is 185 Å². The van der Waals surface area contributed by atoms with Crippen LogP contribution in [0.1, 0.15) is 41.4 Å². The Bertz CT molecular complexity index is 1130. The highest BCUT2D eigenvalue weighted by Gasteiger charge is 2.34. The lowest BCUT2D eigenvalue weighted by Crippen LogP contribution is -2.36. The predicted octanol–water partition coefficient (Wildman–Crippen LogP) is 2.26. The molecule has 2 N–H and O–H groups in total. The summed E-state index contributed by atoms with van der Waals surface area (Å²) in [4.78, 5) is 14.2. The van der Waals surface area contributed by atoms with E-state index in [0.29, 0.717) is 25.1 Å². The zero-order valence-electron chi connectivity index (χ0n) is 17.2. The van der Waals surface area contributed by atoms with Gasteiger partial charge in [0.2, 0.25) is 5.89 Å². The minimum absolute atomic E-state index is 0.0261. The number of hydrogen-bond acceptors (Lipinski definition) is 8. The summed E-state index contributed by atoms with van der Waals surface area (Å²) in [5.74, 6) is -1.02. The van der Waals surface area contributed by atoms with E-state index < -0.39 is 12.3 Å². The number of aromatic nitrogens is 5. The van der Waals surface area contributed by atoms with Gasteiger partial charge in [0.1, 0.15) is 5.75 Å². The van der Waals surface area contributed by atoms with Crippen molar-refractivity contribution in [3.8, 4) is 17.2 Å². The second-order valence-electron chi connectivity index (χ2n) is 8.08. The molecule has 5 rings (SSSR count). The van der Waals surface area contributed by atoms with Gasteiger partial charge in [0.25, 0.3) is 0 Å². The SMILES string of the molecule is O=C(N[C@H]1CN[C@H](Cn2nccn2)C1)c1nnc(-c2cc(OC(F)(F)F)ccc2C2CC2)o1. The number of rotatable bonds is 7. The van der Waals surface area contributed by atoms with E-state index >= 15 is 0 Å². The molecular weight excluding hydrogens is 443 g/mol. The number of nitrogens with zero attached hydrogens (tertiary/aromatic N) is 5. The Kier molecular flexibility index (Phi) is 5.48. The Balaban J connectivity index is 1.27. The van der Waals surface area contributed by atoms with Gasteiger partial charge in [-0.1, -0.05) is 6.07 Å². The number of carbonyl (C=O) groups excluding carboxylic acids is 1. The van der Waals surface area contributed by atoms with Crippen molar-refractivity contribution in [1.82, 2.24) is 35.8 Å². The van der Waals surface area contributed by atoms with Gasteiger partial charge in [0, 0.05) is 24.2 Å². The summed E-state index contributed by atoms with van der Waals surface area (Å²) in [6, 6.07) is 3.98. The lowest BCUT2D eigenvalue weighted by Gasteiger charge is -2.12. The van der Waals surface area contributed by atoms with E-state index in [9.17, 15) is 18.0 Å². The summed E-state index contributed by atoms with van der Waals surface area (Å²) >= 11 is 0. The van der Waals surface area contributed by atoms with Gasteiger partial charge in [-0.15, -0.1) is 23.4 Å². The number of carbonyl (C=O) groups is 1. The normalized spacial score (nSPS) is 20.7. The van der Waals surface area contributed by atoms with Gasteiger partial charge >= 0.3 is 18.2 Å². The summed E-state index contributed by atoms with van der Waals surface area (Å²) in [6.07, 6.45) is 0.868. The first kappa shape index (κ1) is 21.4. The fraction of sp³-hybridized carbons (Fsp3) is 0.450. The summed E-state index contributed by atoms with van der Waals surface area (Å²) in [5.41, 5.74) is 1.12. The van der Waals surface area contributed by atoms with Crippen LogP contribution >= 0.6 is 0 Å². The maximum atomic E-state index is 12.6. The average Bonchev–Trinajstić information content (AvgIpc) is 3.15. The molecule has 1 saturated carbocycles. The number of amides is 1. The summed E-state index contributed by atoms with van der Waals surface area (Å²) in [5, 5.41) is 22.0. The largest absolute Gasteiger partial charge is 0.573 e. The summed E-state index contributed by atoms with van der Waals surface area (Å²) in [7, 11) is 0. The topological polar surface area (TPSA) is 120 Å². The molecule has 3 heterocycles. The number of nitrogens with one attached hydrogen (secondary N) is 2. The first-order valence-corrected chi connectivity index (χ1v) is 10.5. The van der Waals surface area contributed by atoms with Crippen molar-refractivity contribution in [2.75, 3.05) is 6.54 Å². The molecule has 0 spiro atoms. The molecule has 2 aliphatic rings. The third kappa shape index (κ3) is 5.13. The molecule has 1 amide bonds. The molecular formula is C20H20F3N7O3. The van der Waals surface area contributed by atoms with Crippen molar-refractivity contribution in [2.45, 2.75) is 50.2 Å². The molecule has 3 aromatic rings. The molecule has 0 unspecified atom stereocenters. The number of hydrogen-bond donors (Lipinski definition) is 2. The smallest absolute Gasteiger partial charge is 0.412 e. The van der Waals surface area contributed by atoms with E-state index in [4.69, 9.17) is 4.42 Å². The van der Waals surface area contributed by atoms with Crippen LogP contribution in [-0.4, -0.2) is 56.1 Å². The maximum Gasteiger partial charge on any atom is 0.573 e.